The highest BCUT2D eigenvalue weighted by Crippen LogP contribution is 2.32. The van der Waals surface area contributed by atoms with Crippen LogP contribution >= 0.6 is 11.9 Å². The van der Waals surface area contributed by atoms with Crippen molar-refractivity contribution in [2.45, 2.75) is 75.3 Å². The van der Waals surface area contributed by atoms with Gasteiger partial charge >= 0.3 is 0 Å². The molecule has 0 radical (unpaired) electrons. The highest BCUT2D eigenvalue weighted by Gasteiger charge is 2.38. The smallest absolute Gasteiger partial charge is 0.252 e. The lowest BCUT2D eigenvalue weighted by Gasteiger charge is -2.32. The van der Waals surface area contributed by atoms with E-state index in [9.17, 15) is 19.2 Å². The number of primary amides is 1. The van der Waals surface area contributed by atoms with Crippen molar-refractivity contribution in [3.63, 3.8) is 0 Å². The van der Waals surface area contributed by atoms with Crippen LogP contribution in [-0.2, 0) is 30.3 Å². The Morgan fingerprint density at radius 2 is 1.90 bits per heavy atom. The van der Waals surface area contributed by atoms with Gasteiger partial charge in [-0.1, -0.05) is 19.1 Å². The summed E-state index contributed by atoms with van der Waals surface area (Å²) in [5.74, 6) is -1.93. The summed E-state index contributed by atoms with van der Waals surface area (Å²) in [6, 6.07) is 6.59. The van der Waals surface area contributed by atoms with Gasteiger partial charge in [0.25, 0.3) is 5.91 Å². The average molecular weight is 578 g/mol. The molecule has 3 rings (SSSR count). The molecule has 0 spiro atoms. The van der Waals surface area contributed by atoms with E-state index in [4.69, 9.17) is 15.6 Å². The van der Waals surface area contributed by atoms with Crippen LogP contribution in [0.1, 0.15) is 51.0 Å². The van der Waals surface area contributed by atoms with E-state index in [-0.39, 0.29) is 30.4 Å². The van der Waals surface area contributed by atoms with Gasteiger partial charge in [0.1, 0.15) is 6.04 Å². The molecule has 12 heteroatoms. The van der Waals surface area contributed by atoms with Gasteiger partial charge in [0.05, 0.1) is 18.1 Å². The second-order valence-corrected chi connectivity index (χ2v) is 11.7. The first-order valence-corrected chi connectivity index (χ1v) is 14.9. The average Bonchev–Trinajstić information content (AvgIpc) is 3.67. The van der Waals surface area contributed by atoms with Gasteiger partial charge in [-0.2, -0.15) is 0 Å². The van der Waals surface area contributed by atoms with E-state index in [2.05, 4.69) is 15.4 Å². The van der Waals surface area contributed by atoms with Crippen molar-refractivity contribution in [3.8, 4) is 0 Å². The topological polar surface area (TPSA) is 163 Å². The predicted octanol–water partition coefficient (Wildman–Crippen LogP) is 1.20. The molecule has 4 amide bonds. The zero-order valence-electron chi connectivity index (χ0n) is 23.3. The molecular formula is C28H43N5O6S. The number of benzene rings is 1. The third kappa shape index (κ3) is 9.38. The highest BCUT2D eigenvalue weighted by molar-refractivity contribution is 7.98. The van der Waals surface area contributed by atoms with Crippen LogP contribution in [0.25, 0.3) is 0 Å². The minimum atomic E-state index is -0.780. The zero-order chi connectivity index (χ0) is 29.1. The van der Waals surface area contributed by atoms with Crippen molar-refractivity contribution in [1.82, 2.24) is 14.9 Å². The second kappa shape index (κ2) is 15.8. The summed E-state index contributed by atoms with van der Waals surface area (Å²) in [4.78, 5) is 51.1. The van der Waals surface area contributed by atoms with Crippen LogP contribution in [0.3, 0.4) is 0 Å². The molecule has 1 aliphatic carbocycles. The number of anilines is 1. The highest BCUT2D eigenvalue weighted by atomic mass is 32.2. The third-order valence-corrected chi connectivity index (χ3v) is 8.74. The van der Waals surface area contributed by atoms with Gasteiger partial charge in [0, 0.05) is 50.1 Å². The number of carbonyl (C=O) groups is 4. The number of hydrogen-bond donors (Lipinski definition) is 5. The fraction of sp³-hybridized carbons (Fsp3) is 0.643. The fourth-order valence-corrected chi connectivity index (χ4v) is 5.82. The summed E-state index contributed by atoms with van der Waals surface area (Å²) >= 11 is 1.40. The summed E-state index contributed by atoms with van der Waals surface area (Å²) in [6.45, 7) is 2.84. The number of nitrogens with zero attached hydrogens (tertiary/aromatic N) is 1. The molecule has 1 saturated heterocycles. The summed E-state index contributed by atoms with van der Waals surface area (Å²) in [7, 11) is 1.54. The van der Waals surface area contributed by atoms with E-state index < -0.39 is 24.0 Å². The molecule has 1 aromatic carbocycles. The lowest BCUT2D eigenvalue weighted by Crippen LogP contribution is -2.52. The minimum absolute atomic E-state index is 0.0879. The Kier molecular flexibility index (Phi) is 12.5. The first kappa shape index (κ1) is 31.7. The minimum Gasteiger partial charge on any atom is -0.396 e. The number of rotatable bonds is 18. The number of nitrogens with one attached hydrogen (secondary N) is 3. The number of aliphatic hydroxyl groups excluding tert-OH is 1. The van der Waals surface area contributed by atoms with E-state index in [0.717, 1.165) is 43.3 Å². The van der Waals surface area contributed by atoms with E-state index in [0.29, 0.717) is 37.6 Å². The standard InChI is InChI=1S/C28H43N5O6S/c1-18(25(39-2)24-4-3-14-33(24)17-35)27(37)31-23(28(38)32-40-22-9-10-22)16-19-5-7-21(8-6-19)30-13-11-20(12-15-34)26(29)36/h5-8,17-18,20,22-25,30,34H,3-4,9-16H2,1-2H3,(H2,29,36)(H,31,37)(H,32,38). The Labute approximate surface area is 240 Å². The van der Waals surface area contributed by atoms with E-state index in [1.165, 1.54) is 11.9 Å². The quantitative estimate of drug-likeness (QED) is 0.128. The summed E-state index contributed by atoms with van der Waals surface area (Å²) in [5.41, 5.74) is 7.11. The third-order valence-electron chi connectivity index (χ3n) is 7.61. The molecule has 0 bridgehead atoms. The van der Waals surface area contributed by atoms with Crippen LogP contribution in [0.5, 0.6) is 0 Å². The number of aliphatic hydroxyl groups is 1. The molecular weight excluding hydrogens is 534 g/mol. The molecule has 11 nitrogen and oxygen atoms in total. The summed E-state index contributed by atoms with van der Waals surface area (Å²) in [5, 5.41) is 15.7. The number of methoxy groups -OCH3 is 1. The van der Waals surface area contributed by atoms with Crippen LogP contribution in [0.2, 0.25) is 0 Å². The second-order valence-electron chi connectivity index (χ2n) is 10.6. The molecule has 1 aromatic rings. The molecule has 5 unspecified atom stereocenters. The number of carbonyl (C=O) groups excluding carboxylic acids is 4. The van der Waals surface area contributed by atoms with Crippen LogP contribution in [0, 0.1) is 11.8 Å². The first-order valence-electron chi connectivity index (χ1n) is 14.0. The van der Waals surface area contributed by atoms with Gasteiger partial charge in [-0.15, -0.1) is 0 Å². The van der Waals surface area contributed by atoms with Crippen molar-refractivity contribution in [2.24, 2.45) is 17.6 Å². The Bertz CT molecular complexity index is 992. The molecule has 1 aliphatic heterocycles. The fourth-order valence-electron chi connectivity index (χ4n) is 5.02. The SMILES string of the molecule is COC(C(C)C(=O)NC(Cc1ccc(NCCC(CCO)C(N)=O)cc1)C(=O)NSC1CC1)C1CCCN1C=O. The number of amides is 4. The monoisotopic (exact) mass is 577 g/mol. The van der Waals surface area contributed by atoms with E-state index in [1.54, 1.807) is 18.9 Å². The van der Waals surface area contributed by atoms with Crippen LogP contribution in [0.4, 0.5) is 5.69 Å². The Morgan fingerprint density at radius 1 is 1.18 bits per heavy atom. The molecule has 0 aromatic heterocycles. The normalized spacial score (nSPS) is 19.8. The molecule has 5 atom stereocenters. The number of ether oxygens (including phenoxy) is 1. The van der Waals surface area contributed by atoms with Crippen molar-refractivity contribution >= 4 is 41.8 Å². The molecule has 1 saturated carbocycles. The lowest BCUT2D eigenvalue weighted by atomic mass is 9.94. The molecule has 1 heterocycles. The Hall–Kier alpha value is -2.83. The first-order chi connectivity index (χ1) is 19.3. The van der Waals surface area contributed by atoms with Gasteiger partial charge in [-0.3, -0.25) is 23.9 Å². The van der Waals surface area contributed by atoms with E-state index >= 15 is 0 Å². The Morgan fingerprint density at radius 3 is 2.50 bits per heavy atom. The molecule has 2 aliphatic rings. The zero-order valence-corrected chi connectivity index (χ0v) is 24.2. The van der Waals surface area contributed by atoms with E-state index in [1.807, 2.05) is 24.3 Å². The van der Waals surface area contributed by atoms with Crippen molar-refractivity contribution in [1.29, 1.82) is 0 Å². The summed E-state index contributed by atoms with van der Waals surface area (Å²) in [6.07, 6.45) is 5.24. The number of hydrogen-bond acceptors (Lipinski definition) is 8. The molecule has 2 fully saturated rings. The predicted molar refractivity (Wildman–Crippen MR) is 154 cm³/mol. The van der Waals surface area contributed by atoms with Crippen molar-refractivity contribution < 1.29 is 29.0 Å². The van der Waals surface area contributed by atoms with Gasteiger partial charge in [0.2, 0.25) is 18.2 Å². The van der Waals surface area contributed by atoms with Crippen molar-refractivity contribution in [2.75, 3.05) is 32.1 Å². The Balaban J connectivity index is 1.62. The maximum atomic E-state index is 13.3. The largest absolute Gasteiger partial charge is 0.396 e. The number of likely N-dealkylation sites (tertiary alicyclic amines) is 1. The molecule has 40 heavy (non-hydrogen) atoms. The maximum absolute atomic E-state index is 13.3. The molecule has 6 N–H and O–H groups in total. The van der Waals surface area contributed by atoms with Crippen LogP contribution in [-0.4, -0.2) is 84.4 Å². The van der Waals surface area contributed by atoms with Gasteiger partial charge in [-0.05, 0) is 68.2 Å². The lowest BCUT2D eigenvalue weighted by molar-refractivity contribution is -0.136. The number of nitrogens with two attached hydrogens (primary N) is 1. The van der Waals surface area contributed by atoms with Crippen LogP contribution in [0.15, 0.2) is 24.3 Å². The van der Waals surface area contributed by atoms with Gasteiger partial charge in [-0.25, -0.2) is 0 Å². The maximum Gasteiger partial charge on any atom is 0.252 e. The molecule has 222 valence electrons. The summed E-state index contributed by atoms with van der Waals surface area (Å²) < 4.78 is 8.57. The van der Waals surface area contributed by atoms with Gasteiger partial charge in [0.15, 0.2) is 0 Å². The van der Waals surface area contributed by atoms with Gasteiger partial charge < -0.3 is 31.1 Å². The van der Waals surface area contributed by atoms with Crippen LogP contribution < -0.4 is 21.1 Å². The van der Waals surface area contributed by atoms with Crippen molar-refractivity contribution in [3.05, 3.63) is 29.8 Å².